The van der Waals surface area contributed by atoms with E-state index >= 15 is 0 Å². The maximum atomic E-state index is 12.4. The number of hydrogen-bond donors (Lipinski definition) is 1. The number of ether oxygens (including phenoxy) is 1. The molecule has 0 aliphatic heterocycles. The van der Waals surface area contributed by atoms with Gasteiger partial charge in [-0.2, -0.15) is 0 Å². The van der Waals surface area contributed by atoms with E-state index in [1.165, 1.54) is 6.07 Å². The lowest BCUT2D eigenvalue weighted by atomic mass is 10.1. The van der Waals surface area contributed by atoms with Crippen molar-refractivity contribution in [2.45, 2.75) is 11.8 Å². The predicted octanol–water partition coefficient (Wildman–Crippen LogP) is 3.08. The normalized spacial score (nSPS) is 11.5. The highest BCUT2D eigenvalue weighted by atomic mass is 35.5. The van der Waals surface area contributed by atoms with Gasteiger partial charge in [0.05, 0.1) is 15.5 Å². The van der Waals surface area contributed by atoms with E-state index in [0.29, 0.717) is 11.1 Å². The van der Waals surface area contributed by atoms with Gasteiger partial charge in [0, 0.05) is 10.9 Å². The molecule has 0 aliphatic carbocycles. The van der Waals surface area contributed by atoms with Crippen LogP contribution in [0.15, 0.2) is 51.8 Å². The lowest BCUT2D eigenvalue weighted by molar-refractivity contribution is 0.0468. The number of esters is 1. The van der Waals surface area contributed by atoms with Crippen molar-refractivity contribution >= 4 is 44.3 Å². The number of aryl methyl sites for hydroxylation is 1. The number of halogens is 1. The first-order valence-electron chi connectivity index (χ1n) is 7.69. The monoisotopic (exact) mass is 407 g/mol. The summed E-state index contributed by atoms with van der Waals surface area (Å²) in [5, 5.41) is 5.80. The van der Waals surface area contributed by atoms with E-state index in [4.69, 9.17) is 25.9 Å². The Morgan fingerprint density at radius 2 is 1.89 bits per heavy atom. The Morgan fingerprint density at radius 3 is 2.56 bits per heavy atom. The number of nitrogens with two attached hydrogens (primary N) is 1. The van der Waals surface area contributed by atoms with Crippen LogP contribution in [0.2, 0.25) is 5.02 Å². The number of rotatable bonds is 5. The minimum Gasteiger partial charge on any atom is -0.454 e. The second-order valence-corrected chi connectivity index (χ2v) is 7.71. The smallest absolute Gasteiger partial charge is 0.340 e. The van der Waals surface area contributed by atoms with E-state index in [1.807, 2.05) is 12.1 Å². The first-order valence-corrected chi connectivity index (χ1v) is 9.61. The fraction of sp³-hybridized carbons (Fsp3) is 0.111. The van der Waals surface area contributed by atoms with Crippen LogP contribution in [0, 0.1) is 6.92 Å². The van der Waals surface area contributed by atoms with Crippen molar-refractivity contribution in [1.29, 1.82) is 0 Å². The molecule has 0 amide bonds. The summed E-state index contributed by atoms with van der Waals surface area (Å²) in [6.45, 7) is 1.14. The maximum absolute atomic E-state index is 12.4. The van der Waals surface area contributed by atoms with E-state index in [9.17, 15) is 18.0 Å². The van der Waals surface area contributed by atoms with Crippen LogP contribution in [0.4, 0.5) is 0 Å². The Morgan fingerprint density at radius 1 is 1.19 bits per heavy atom. The summed E-state index contributed by atoms with van der Waals surface area (Å²) in [5.41, 5.74) is 0.979. The van der Waals surface area contributed by atoms with Crippen molar-refractivity contribution in [2.24, 2.45) is 5.14 Å². The van der Waals surface area contributed by atoms with Crippen LogP contribution in [0.25, 0.3) is 11.0 Å². The molecular formula is C18H14ClNO6S. The average molecular weight is 408 g/mol. The molecule has 1 heterocycles. The lowest BCUT2D eigenvalue weighted by Crippen LogP contribution is -2.16. The molecule has 7 nitrogen and oxygen atoms in total. The van der Waals surface area contributed by atoms with Gasteiger partial charge in [-0.1, -0.05) is 29.8 Å². The van der Waals surface area contributed by atoms with Crippen molar-refractivity contribution < 1.29 is 27.2 Å². The van der Waals surface area contributed by atoms with Gasteiger partial charge in [-0.3, -0.25) is 4.79 Å². The first-order chi connectivity index (χ1) is 12.7. The second kappa shape index (κ2) is 7.15. The summed E-state index contributed by atoms with van der Waals surface area (Å²) < 4.78 is 33.3. The van der Waals surface area contributed by atoms with Gasteiger partial charge in [0.2, 0.25) is 15.8 Å². The van der Waals surface area contributed by atoms with Crippen LogP contribution >= 0.6 is 11.6 Å². The molecule has 0 saturated heterocycles. The van der Waals surface area contributed by atoms with Gasteiger partial charge in [0.15, 0.2) is 12.4 Å². The van der Waals surface area contributed by atoms with Gasteiger partial charge < -0.3 is 9.15 Å². The molecule has 0 unspecified atom stereocenters. The third-order valence-corrected chi connectivity index (χ3v) is 5.16. The van der Waals surface area contributed by atoms with Crippen LogP contribution in [-0.2, 0) is 14.8 Å². The molecule has 2 aromatic carbocycles. The van der Waals surface area contributed by atoms with Gasteiger partial charge in [0.25, 0.3) is 0 Å². The van der Waals surface area contributed by atoms with Crippen molar-refractivity contribution in [2.75, 3.05) is 6.61 Å². The fourth-order valence-corrected chi connectivity index (χ4v) is 3.29. The highest BCUT2D eigenvalue weighted by Gasteiger charge is 2.21. The van der Waals surface area contributed by atoms with E-state index in [-0.39, 0.29) is 21.2 Å². The van der Waals surface area contributed by atoms with Crippen LogP contribution in [0.1, 0.15) is 26.5 Å². The number of furan rings is 1. The Bertz CT molecular complexity index is 1170. The number of carbonyl (C=O) groups is 2. The van der Waals surface area contributed by atoms with Crippen molar-refractivity contribution in [1.82, 2.24) is 0 Å². The van der Waals surface area contributed by atoms with E-state index in [0.717, 1.165) is 17.5 Å². The van der Waals surface area contributed by atoms with E-state index < -0.39 is 28.4 Å². The minimum absolute atomic E-state index is 0.0280. The quantitative estimate of drug-likeness (QED) is 0.513. The molecule has 0 bridgehead atoms. The molecule has 0 atom stereocenters. The molecule has 0 fully saturated rings. The van der Waals surface area contributed by atoms with E-state index in [1.54, 1.807) is 19.1 Å². The molecule has 140 valence electrons. The van der Waals surface area contributed by atoms with E-state index in [2.05, 4.69) is 0 Å². The molecular weight excluding hydrogens is 394 g/mol. The lowest BCUT2D eigenvalue weighted by Gasteiger charge is -2.07. The van der Waals surface area contributed by atoms with Gasteiger partial charge in [-0.15, -0.1) is 0 Å². The number of benzene rings is 2. The predicted molar refractivity (Wildman–Crippen MR) is 98.4 cm³/mol. The summed E-state index contributed by atoms with van der Waals surface area (Å²) >= 11 is 5.91. The second-order valence-electron chi connectivity index (χ2n) is 5.74. The Labute approximate surface area is 159 Å². The standard InChI is InChI=1S/C18H14ClNO6S/c1-10-12-4-2-3-5-16(12)26-17(10)15(21)9-25-18(22)13-8-11(27(20,23)24)6-7-14(13)19/h2-8H,9H2,1H3,(H2,20,23,24). The third-order valence-electron chi connectivity index (χ3n) is 3.92. The number of fused-ring (bicyclic) bond motifs is 1. The van der Waals surface area contributed by atoms with Gasteiger partial charge in [0.1, 0.15) is 5.58 Å². The van der Waals surface area contributed by atoms with Crippen molar-refractivity contribution in [3.05, 3.63) is 64.4 Å². The highest BCUT2D eigenvalue weighted by Crippen LogP contribution is 2.25. The SMILES string of the molecule is Cc1c(C(=O)COC(=O)c2cc(S(N)(=O)=O)ccc2Cl)oc2ccccc12. The fourth-order valence-electron chi connectivity index (χ4n) is 2.55. The Hall–Kier alpha value is -2.68. The van der Waals surface area contributed by atoms with Crippen molar-refractivity contribution in [3.8, 4) is 0 Å². The number of sulfonamides is 1. The van der Waals surface area contributed by atoms with Crippen molar-refractivity contribution in [3.63, 3.8) is 0 Å². The number of ketones is 1. The topological polar surface area (TPSA) is 117 Å². The molecule has 2 N–H and O–H groups in total. The Balaban J connectivity index is 1.79. The summed E-state index contributed by atoms with van der Waals surface area (Å²) in [4.78, 5) is 24.3. The number of primary sulfonamides is 1. The summed E-state index contributed by atoms with van der Waals surface area (Å²) in [7, 11) is -4.02. The van der Waals surface area contributed by atoms with Gasteiger partial charge in [-0.25, -0.2) is 18.4 Å². The number of para-hydroxylation sites is 1. The molecule has 3 aromatic rings. The summed E-state index contributed by atoms with van der Waals surface area (Å²) in [5.74, 6) is -1.39. The summed E-state index contributed by atoms with van der Waals surface area (Å²) in [6.07, 6.45) is 0. The summed E-state index contributed by atoms with van der Waals surface area (Å²) in [6, 6.07) is 10.5. The first kappa shape index (κ1) is 19.1. The largest absolute Gasteiger partial charge is 0.454 e. The molecule has 27 heavy (non-hydrogen) atoms. The van der Waals surface area contributed by atoms with Crippen LogP contribution in [0.3, 0.4) is 0 Å². The molecule has 1 aromatic heterocycles. The van der Waals surface area contributed by atoms with Crippen LogP contribution in [-0.4, -0.2) is 26.8 Å². The molecule has 0 saturated carbocycles. The average Bonchev–Trinajstić information content (AvgIpc) is 2.96. The molecule has 0 spiro atoms. The van der Waals surface area contributed by atoms with Crippen LogP contribution < -0.4 is 5.14 Å². The van der Waals surface area contributed by atoms with Gasteiger partial charge in [-0.05, 0) is 31.2 Å². The molecule has 0 aliphatic rings. The Kier molecular flexibility index (Phi) is 5.05. The zero-order valence-electron chi connectivity index (χ0n) is 14.1. The number of Topliss-reactive ketones (excluding diaryl/α,β-unsaturated/α-hetero) is 1. The maximum Gasteiger partial charge on any atom is 0.340 e. The number of carbonyl (C=O) groups excluding carboxylic acids is 2. The molecule has 3 rings (SSSR count). The zero-order chi connectivity index (χ0) is 19.8. The highest BCUT2D eigenvalue weighted by molar-refractivity contribution is 7.89. The third kappa shape index (κ3) is 3.87. The molecule has 9 heteroatoms. The zero-order valence-corrected chi connectivity index (χ0v) is 15.6. The van der Waals surface area contributed by atoms with Gasteiger partial charge >= 0.3 is 5.97 Å². The minimum atomic E-state index is -4.02. The molecule has 0 radical (unpaired) electrons. The van der Waals surface area contributed by atoms with Crippen LogP contribution in [0.5, 0.6) is 0 Å². The number of hydrogen-bond acceptors (Lipinski definition) is 6.